The van der Waals surface area contributed by atoms with E-state index in [1.165, 1.54) is 14.0 Å². The first-order valence-electron chi connectivity index (χ1n) is 8.03. The summed E-state index contributed by atoms with van der Waals surface area (Å²) in [6.07, 6.45) is 1.72. The molecule has 1 aliphatic rings. The predicted octanol–water partition coefficient (Wildman–Crippen LogP) is 3.46. The lowest BCUT2D eigenvalue weighted by Crippen LogP contribution is -2.42. The SMILES string of the molecule is COC(=O)[C@H](C)N1C(=O)S/C(=C/c2cc(C)n(C(C)(C)C)c2C)C1=O. The van der Waals surface area contributed by atoms with E-state index in [1.807, 2.05) is 19.9 Å². The molecule has 1 atom stereocenters. The van der Waals surface area contributed by atoms with Crippen molar-refractivity contribution in [3.63, 3.8) is 0 Å². The summed E-state index contributed by atoms with van der Waals surface area (Å²) < 4.78 is 6.83. The number of rotatable bonds is 3. The van der Waals surface area contributed by atoms with Crippen molar-refractivity contribution < 1.29 is 19.1 Å². The fraction of sp³-hybridized carbons (Fsp3) is 0.500. The van der Waals surface area contributed by atoms with Gasteiger partial charge in [0, 0.05) is 16.9 Å². The molecule has 0 N–H and O–H groups in total. The molecule has 0 aromatic carbocycles. The van der Waals surface area contributed by atoms with Gasteiger partial charge in [0.1, 0.15) is 6.04 Å². The standard InChI is InChI=1S/C18H24N2O4S/c1-10-8-13(11(2)20(10)18(4,5)6)9-14-15(21)19(17(23)25-14)12(3)16(22)24-7/h8-9,12H,1-7H3/b14-9+/t12-/m0/s1. The molecule has 136 valence electrons. The number of esters is 1. The first-order valence-corrected chi connectivity index (χ1v) is 8.85. The van der Waals surface area contributed by atoms with Crippen LogP contribution >= 0.6 is 11.8 Å². The zero-order valence-corrected chi connectivity index (χ0v) is 16.5. The molecule has 0 bridgehead atoms. The number of imide groups is 1. The van der Waals surface area contributed by atoms with Crippen LogP contribution in [-0.2, 0) is 19.9 Å². The van der Waals surface area contributed by atoms with Crippen molar-refractivity contribution in [1.29, 1.82) is 0 Å². The van der Waals surface area contributed by atoms with Crippen molar-refractivity contribution in [2.24, 2.45) is 0 Å². The van der Waals surface area contributed by atoms with E-state index >= 15 is 0 Å². The average molecular weight is 364 g/mol. The van der Waals surface area contributed by atoms with E-state index in [-0.39, 0.29) is 5.54 Å². The molecule has 0 spiro atoms. The molecule has 2 heterocycles. The zero-order chi connectivity index (χ0) is 19.1. The van der Waals surface area contributed by atoms with E-state index in [2.05, 4.69) is 30.1 Å². The number of ether oxygens (including phenoxy) is 1. The molecule has 0 unspecified atom stereocenters. The van der Waals surface area contributed by atoms with Crippen LogP contribution in [0.1, 0.15) is 44.6 Å². The van der Waals surface area contributed by atoms with Crippen molar-refractivity contribution in [2.75, 3.05) is 7.11 Å². The van der Waals surface area contributed by atoms with Crippen molar-refractivity contribution in [2.45, 2.75) is 53.1 Å². The molecule has 2 amide bonds. The summed E-state index contributed by atoms with van der Waals surface area (Å²) in [6, 6.07) is 1.06. The summed E-state index contributed by atoms with van der Waals surface area (Å²) >= 11 is 0.846. The Morgan fingerprint density at radius 2 is 1.88 bits per heavy atom. The van der Waals surface area contributed by atoms with E-state index in [0.29, 0.717) is 4.91 Å². The highest BCUT2D eigenvalue weighted by Gasteiger charge is 2.41. The number of thioether (sulfide) groups is 1. The van der Waals surface area contributed by atoms with E-state index in [9.17, 15) is 14.4 Å². The van der Waals surface area contributed by atoms with Gasteiger partial charge in [-0.25, -0.2) is 4.79 Å². The molecular weight excluding hydrogens is 340 g/mol. The van der Waals surface area contributed by atoms with Crippen LogP contribution in [0.25, 0.3) is 6.08 Å². The third kappa shape index (κ3) is 3.51. The van der Waals surface area contributed by atoms with Gasteiger partial charge in [-0.15, -0.1) is 0 Å². The topological polar surface area (TPSA) is 68.6 Å². The first-order chi connectivity index (χ1) is 11.5. The molecule has 1 saturated heterocycles. The van der Waals surface area contributed by atoms with Gasteiger partial charge in [0.25, 0.3) is 11.1 Å². The number of carbonyl (C=O) groups excluding carboxylic acids is 3. The molecule has 2 rings (SSSR count). The van der Waals surface area contributed by atoms with Crippen LogP contribution < -0.4 is 0 Å². The fourth-order valence-corrected chi connectivity index (χ4v) is 4.10. The van der Waals surface area contributed by atoms with E-state index in [4.69, 9.17) is 0 Å². The Morgan fingerprint density at radius 1 is 1.28 bits per heavy atom. The summed E-state index contributed by atoms with van der Waals surface area (Å²) in [4.78, 5) is 37.7. The highest BCUT2D eigenvalue weighted by molar-refractivity contribution is 8.18. The minimum atomic E-state index is -0.939. The summed E-state index contributed by atoms with van der Waals surface area (Å²) in [5.41, 5.74) is 2.92. The van der Waals surface area contributed by atoms with Crippen LogP contribution in [0.4, 0.5) is 4.79 Å². The molecule has 6 nitrogen and oxygen atoms in total. The normalized spacial score (nSPS) is 18.2. The maximum absolute atomic E-state index is 12.6. The van der Waals surface area contributed by atoms with Crippen molar-refractivity contribution in [3.8, 4) is 0 Å². The minimum Gasteiger partial charge on any atom is -0.467 e. The van der Waals surface area contributed by atoms with Gasteiger partial charge in [-0.1, -0.05) is 0 Å². The molecule has 1 aromatic rings. The number of carbonyl (C=O) groups is 3. The zero-order valence-electron chi connectivity index (χ0n) is 15.7. The van der Waals surface area contributed by atoms with Crippen molar-refractivity contribution in [1.82, 2.24) is 9.47 Å². The van der Waals surface area contributed by atoms with E-state index < -0.39 is 23.2 Å². The fourth-order valence-electron chi connectivity index (χ4n) is 3.20. The Kier molecular flexibility index (Phi) is 5.18. The number of methoxy groups -OCH3 is 1. The van der Waals surface area contributed by atoms with Crippen molar-refractivity contribution in [3.05, 3.63) is 27.9 Å². The van der Waals surface area contributed by atoms with Gasteiger partial charge < -0.3 is 9.30 Å². The average Bonchev–Trinajstić information content (AvgIpc) is 2.93. The molecular formula is C18H24N2O4S. The molecule has 25 heavy (non-hydrogen) atoms. The van der Waals surface area contributed by atoms with Gasteiger partial charge in [-0.05, 0) is 71.0 Å². The quantitative estimate of drug-likeness (QED) is 0.607. The third-order valence-corrected chi connectivity index (χ3v) is 5.06. The Morgan fingerprint density at radius 3 is 2.36 bits per heavy atom. The lowest BCUT2D eigenvalue weighted by atomic mass is 10.1. The highest BCUT2D eigenvalue weighted by atomic mass is 32.2. The lowest BCUT2D eigenvalue weighted by molar-refractivity contribution is -0.148. The summed E-state index contributed by atoms with van der Waals surface area (Å²) in [5, 5.41) is -0.459. The Labute approximate surface area is 152 Å². The van der Waals surface area contributed by atoms with Crippen LogP contribution in [0.2, 0.25) is 0 Å². The molecule has 1 fully saturated rings. The number of aryl methyl sites for hydroxylation is 1. The predicted molar refractivity (Wildman–Crippen MR) is 98.2 cm³/mol. The molecule has 0 aliphatic carbocycles. The summed E-state index contributed by atoms with van der Waals surface area (Å²) in [6.45, 7) is 11.8. The Balaban J connectivity index is 2.40. The Hall–Kier alpha value is -2.02. The third-order valence-electron chi connectivity index (χ3n) is 4.18. The maximum Gasteiger partial charge on any atom is 0.328 e. The van der Waals surface area contributed by atoms with Crippen LogP contribution in [0, 0.1) is 13.8 Å². The van der Waals surface area contributed by atoms with Gasteiger partial charge in [-0.2, -0.15) is 0 Å². The number of amides is 2. The molecule has 1 aliphatic heterocycles. The first kappa shape index (κ1) is 19.3. The number of hydrogen-bond acceptors (Lipinski definition) is 5. The van der Waals surface area contributed by atoms with Gasteiger partial charge in [0.2, 0.25) is 0 Å². The van der Waals surface area contributed by atoms with Crippen molar-refractivity contribution >= 4 is 35.0 Å². The molecule has 0 saturated carbocycles. The van der Waals surface area contributed by atoms with Crippen LogP contribution in [0.5, 0.6) is 0 Å². The van der Waals surface area contributed by atoms with Gasteiger partial charge in [-0.3, -0.25) is 14.5 Å². The second-order valence-electron chi connectivity index (χ2n) is 7.08. The monoisotopic (exact) mass is 364 g/mol. The van der Waals surface area contributed by atoms with E-state index in [1.54, 1.807) is 6.08 Å². The summed E-state index contributed by atoms with van der Waals surface area (Å²) in [7, 11) is 1.23. The molecule has 1 aromatic heterocycles. The summed E-state index contributed by atoms with van der Waals surface area (Å²) in [5.74, 6) is -1.08. The molecule has 0 radical (unpaired) electrons. The second-order valence-corrected chi connectivity index (χ2v) is 8.08. The maximum atomic E-state index is 12.6. The van der Waals surface area contributed by atoms with Gasteiger partial charge in [0.05, 0.1) is 12.0 Å². The Bertz CT molecular complexity index is 771. The lowest BCUT2D eigenvalue weighted by Gasteiger charge is -2.25. The van der Waals surface area contributed by atoms with Crippen LogP contribution in [0.15, 0.2) is 11.0 Å². The number of aromatic nitrogens is 1. The smallest absolute Gasteiger partial charge is 0.328 e. The highest BCUT2D eigenvalue weighted by Crippen LogP contribution is 2.35. The largest absolute Gasteiger partial charge is 0.467 e. The van der Waals surface area contributed by atoms with Gasteiger partial charge >= 0.3 is 5.97 Å². The number of hydrogen-bond donors (Lipinski definition) is 0. The van der Waals surface area contributed by atoms with Crippen LogP contribution in [0.3, 0.4) is 0 Å². The number of nitrogens with zero attached hydrogens (tertiary/aromatic N) is 2. The van der Waals surface area contributed by atoms with Gasteiger partial charge in [0.15, 0.2) is 0 Å². The second kappa shape index (κ2) is 6.71. The van der Waals surface area contributed by atoms with E-state index in [0.717, 1.165) is 33.6 Å². The molecule has 7 heteroatoms. The van der Waals surface area contributed by atoms with Crippen LogP contribution in [-0.4, -0.2) is 39.7 Å². The minimum absolute atomic E-state index is 0.0843.